The minimum Gasteiger partial charge on any atom is -0.397 e. The number of hydrogen-bond acceptors (Lipinski definition) is 5. The Bertz CT molecular complexity index is 351. The summed E-state index contributed by atoms with van der Waals surface area (Å²) >= 11 is 1.39. The molecule has 0 aliphatic rings. The van der Waals surface area contributed by atoms with E-state index in [2.05, 4.69) is 9.97 Å². The lowest BCUT2D eigenvalue weighted by atomic mass is 10.4. The first kappa shape index (κ1) is 13.9. The summed E-state index contributed by atoms with van der Waals surface area (Å²) in [5.74, 6) is 0.811. The maximum atomic E-state index is 10.9. The zero-order chi connectivity index (χ0) is 11.7. The molecule has 0 aliphatic heterocycles. The van der Waals surface area contributed by atoms with E-state index in [9.17, 15) is 9.59 Å². The third kappa shape index (κ3) is 6.03. The molecule has 0 bridgehead atoms. The second-order valence-electron chi connectivity index (χ2n) is 2.34. The summed E-state index contributed by atoms with van der Waals surface area (Å²) in [6.07, 6.45) is 0.564. The first-order valence-corrected chi connectivity index (χ1v) is 5.46. The van der Waals surface area contributed by atoms with Crippen molar-refractivity contribution < 1.29 is 9.90 Å². The largest absolute Gasteiger partial charge is 0.397 e. The molecule has 0 unspecified atom stereocenters. The fourth-order valence-corrected chi connectivity index (χ4v) is 1.33. The second kappa shape index (κ2) is 8.19. The van der Waals surface area contributed by atoms with Gasteiger partial charge in [-0.15, -0.1) is 0 Å². The SMILES string of the molecule is CCO.CCSc1nc(C=O)cc(=O)[nH]1. The molecule has 1 aromatic heterocycles. The van der Waals surface area contributed by atoms with E-state index in [1.54, 1.807) is 6.92 Å². The number of aliphatic hydroxyl groups excluding tert-OH is 1. The number of rotatable bonds is 3. The molecule has 0 saturated heterocycles. The Morgan fingerprint density at radius 1 is 1.60 bits per heavy atom. The van der Waals surface area contributed by atoms with E-state index < -0.39 is 0 Å². The van der Waals surface area contributed by atoms with Crippen molar-refractivity contribution in [3.05, 3.63) is 22.1 Å². The molecule has 1 heterocycles. The van der Waals surface area contributed by atoms with E-state index in [0.717, 1.165) is 5.75 Å². The monoisotopic (exact) mass is 230 g/mol. The number of thioether (sulfide) groups is 1. The van der Waals surface area contributed by atoms with Gasteiger partial charge in [-0.3, -0.25) is 9.59 Å². The molecule has 0 radical (unpaired) electrons. The van der Waals surface area contributed by atoms with Gasteiger partial charge < -0.3 is 10.1 Å². The maximum absolute atomic E-state index is 10.9. The molecule has 0 amide bonds. The van der Waals surface area contributed by atoms with E-state index in [0.29, 0.717) is 11.4 Å². The zero-order valence-corrected chi connectivity index (χ0v) is 9.50. The normalized spacial score (nSPS) is 9.00. The summed E-state index contributed by atoms with van der Waals surface area (Å²) in [5.41, 5.74) is -0.113. The van der Waals surface area contributed by atoms with Crippen LogP contribution in [0.2, 0.25) is 0 Å². The Hall–Kier alpha value is -1.14. The molecule has 0 atom stereocenters. The smallest absolute Gasteiger partial charge is 0.252 e. The van der Waals surface area contributed by atoms with Crippen molar-refractivity contribution in [3.63, 3.8) is 0 Å². The maximum Gasteiger partial charge on any atom is 0.252 e. The molecule has 1 rings (SSSR count). The van der Waals surface area contributed by atoms with Crippen LogP contribution in [0.5, 0.6) is 0 Å². The molecule has 5 nitrogen and oxygen atoms in total. The Kier molecular flexibility index (Phi) is 7.57. The number of nitrogens with one attached hydrogen (secondary N) is 1. The van der Waals surface area contributed by atoms with Crippen molar-refractivity contribution in [1.82, 2.24) is 9.97 Å². The Balaban J connectivity index is 0.000000583. The van der Waals surface area contributed by atoms with Crippen LogP contribution in [0.15, 0.2) is 16.0 Å². The van der Waals surface area contributed by atoms with Crippen LogP contribution in [-0.2, 0) is 0 Å². The van der Waals surface area contributed by atoms with Gasteiger partial charge in [0.05, 0.1) is 0 Å². The van der Waals surface area contributed by atoms with Crippen LogP contribution in [0.3, 0.4) is 0 Å². The van der Waals surface area contributed by atoms with Crippen LogP contribution < -0.4 is 5.56 Å². The van der Waals surface area contributed by atoms with Gasteiger partial charge in [0, 0.05) is 12.7 Å². The number of aromatic amines is 1. The van der Waals surface area contributed by atoms with Gasteiger partial charge in [-0.25, -0.2) is 4.98 Å². The fourth-order valence-electron chi connectivity index (χ4n) is 0.719. The Morgan fingerprint density at radius 2 is 2.20 bits per heavy atom. The van der Waals surface area contributed by atoms with Crippen LogP contribution >= 0.6 is 11.8 Å². The third-order valence-electron chi connectivity index (χ3n) is 1.14. The number of H-pyrrole nitrogens is 1. The number of aromatic nitrogens is 2. The van der Waals surface area contributed by atoms with Crippen LogP contribution in [0.25, 0.3) is 0 Å². The molecule has 0 spiro atoms. The number of carbonyl (C=O) groups is 1. The summed E-state index contributed by atoms with van der Waals surface area (Å²) in [7, 11) is 0. The third-order valence-corrected chi connectivity index (χ3v) is 1.90. The molecule has 0 aromatic carbocycles. The molecule has 6 heteroatoms. The second-order valence-corrected chi connectivity index (χ2v) is 3.60. The van der Waals surface area contributed by atoms with E-state index in [4.69, 9.17) is 5.11 Å². The van der Waals surface area contributed by atoms with Gasteiger partial charge in [0.25, 0.3) is 5.56 Å². The highest BCUT2D eigenvalue weighted by Gasteiger charge is 1.98. The summed E-state index contributed by atoms with van der Waals surface area (Å²) in [4.78, 5) is 27.6. The van der Waals surface area contributed by atoms with Crippen molar-refractivity contribution in [1.29, 1.82) is 0 Å². The van der Waals surface area contributed by atoms with Gasteiger partial charge in [0.2, 0.25) is 0 Å². The van der Waals surface area contributed by atoms with E-state index in [1.807, 2.05) is 6.92 Å². The summed E-state index contributed by atoms with van der Waals surface area (Å²) < 4.78 is 0. The van der Waals surface area contributed by atoms with E-state index in [1.165, 1.54) is 17.8 Å². The molecule has 0 aliphatic carbocycles. The highest BCUT2D eigenvalue weighted by atomic mass is 32.2. The molecule has 1 aromatic rings. The quantitative estimate of drug-likeness (QED) is 0.453. The lowest BCUT2D eigenvalue weighted by Gasteiger charge is -1.96. The number of aldehydes is 1. The summed E-state index contributed by atoms with van der Waals surface area (Å²) in [6, 6.07) is 1.17. The first-order chi connectivity index (χ1) is 7.17. The molecular formula is C9H14N2O3S. The van der Waals surface area contributed by atoms with Gasteiger partial charge in [0.15, 0.2) is 11.4 Å². The zero-order valence-electron chi connectivity index (χ0n) is 8.69. The lowest BCUT2D eigenvalue weighted by Crippen LogP contribution is -2.09. The molecule has 15 heavy (non-hydrogen) atoms. The highest BCUT2D eigenvalue weighted by molar-refractivity contribution is 7.99. The topological polar surface area (TPSA) is 83.1 Å². The molecular weight excluding hydrogens is 216 g/mol. The number of aliphatic hydroxyl groups is 1. The highest BCUT2D eigenvalue weighted by Crippen LogP contribution is 2.08. The van der Waals surface area contributed by atoms with Crippen molar-refractivity contribution in [2.45, 2.75) is 19.0 Å². The average molecular weight is 230 g/mol. The fraction of sp³-hybridized carbons (Fsp3) is 0.444. The van der Waals surface area contributed by atoms with Crippen molar-refractivity contribution in [2.75, 3.05) is 12.4 Å². The number of carbonyl (C=O) groups excluding carboxylic acids is 1. The van der Waals surface area contributed by atoms with Crippen molar-refractivity contribution in [2.24, 2.45) is 0 Å². The predicted molar refractivity (Wildman–Crippen MR) is 59.4 cm³/mol. The summed E-state index contributed by atoms with van der Waals surface area (Å²) in [6.45, 7) is 3.87. The van der Waals surface area contributed by atoms with E-state index in [-0.39, 0.29) is 17.9 Å². The number of hydrogen-bond donors (Lipinski definition) is 2. The minimum atomic E-state index is -0.289. The minimum absolute atomic E-state index is 0.176. The van der Waals surface area contributed by atoms with Crippen LogP contribution in [0, 0.1) is 0 Å². The lowest BCUT2D eigenvalue weighted by molar-refractivity contribution is 0.111. The molecule has 84 valence electrons. The van der Waals surface area contributed by atoms with Crippen molar-refractivity contribution >= 4 is 18.0 Å². The van der Waals surface area contributed by atoms with Gasteiger partial charge >= 0.3 is 0 Å². The standard InChI is InChI=1S/C7H8N2O2S.C2H6O/c1-2-12-7-8-5(4-10)3-6(11)9-7;1-2-3/h3-4H,2H2,1H3,(H,8,9,11);3H,2H2,1H3. The Labute approximate surface area is 91.9 Å². The molecule has 0 saturated carbocycles. The van der Waals surface area contributed by atoms with Crippen molar-refractivity contribution in [3.8, 4) is 0 Å². The van der Waals surface area contributed by atoms with Crippen LogP contribution in [0.1, 0.15) is 24.3 Å². The van der Waals surface area contributed by atoms with Gasteiger partial charge in [-0.2, -0.15) is 0 Å². The number of nitrogens with zero attached hydrogens (tertiary/aromatic N) is 1. The molecule has 0 fully saturated rings. The van der Waals surface area contributed by atoms with Gasteiger partial charge in [0.1, 0.15) is 5.69 Å². The molecule has 2 N–H and O–H groups in total. The predicted octanol–water partition coefficient (Wildman–Crippen LogP) is 0.693. The summed E-state index contributed by atoms with van der Waals surface area (Å²) in [5, 5.41) is 8.06. The van der Waals surface area contributed by atoms with E-state index >= 15 is 0 Å². The van der Waals surface area contributed by atoms with Crippen LogP contribution in [0.4, 0.5) is 0 Å². The average Bonchev–Trinajstić information content (AvgIpc) is 2.18. The van der Waals surface area contributed by atoms with Gasteiger partial charge in [-0.1, -0.05) is 18.7 Å². The van der Waals surface area contributed by atoms with Crippen LogP contribution in [-0.4, -0.2) is 33.7 Å². The van der Waals surface area contributed by atoms with Gasteiger partial charge in [-0.05, 0) is 12.7 Å². The Morgan fingerprint density at radius 3 is 2.67 bits per heavy atom. The first-order valence-electron chi connectivity index (χ1n) is 4.48.